The first kappa shape index (κ1) is 19.2. The van der Waals surface area contributed by atoms with Crippen molar-refractivity contribution in [3.8, 4) is 11.5 Å². The molecule has 0 aliphatic carbocycles. The molecule has 0 saturated heterocycles. The first-order valence-electron chi connectivity index (χ1n) is 8.16. The van der Waals surface area contributed by atoms with E-state index in [-0.39, 0.29) is 16.5 Å². The smallest absolute Gasteiger partial charge is 0.337 e. The number of nitrogens with one attached hydrogen (secondary N) is 1. The van der Waals surface area contributed by atoms with Crippen LogP contribution in [-0.4, -0.2) is 24.0 Å². The Bertz CT molecular complexity index is 1000. The van der Waals surface area contributed by atoms with Crippen molar-refractivity contribution in [1.29, 1.82) is 0 Å². The van der Waals surface area contributed by atoms with Gasteiger partial charge in [0.05, 0.1) is 18.4 Å². The summed E-state index contributed by atoms with van der Waals surface area (Å²) in [4.78, 5) is 27.7. The zero-order valence-electron chi connectivity index (χ0n) is 14.8. The molecule has 0 bridgehead atoms. The van der Waals surface area contributed by atoms with Gasteiger partial charge in [0.25, 0.3) is 5.91 Å². The minimum absolute atomic E-state index is 0.0542. The average molecular weight is 398 g/mol. The number of halogens is 1. The van der Waals surface area contributed by atoms with Crippen LogP contribution in [0.15, 0.2) is 60.7 Å². The zero-order chi connectivity index (χ0) is 20.1. The topological polar surface area (TPSA) is 104 Å². The number of hydrogen-bond donors (Lipinski definition) is 2. The van der Waals surface area contributed by atoms with Crippen LogP contribution in [-0.2, 0) is 4.74 Å². The molecule has 7 nitrogen and oxygen atoms in total. The number of carbonyl (C=O) groups excluding carboxylic acids is 2. The number of pyridine rings is 1. The Labute approximate surface area is 166 Å². The number of benzene rings is 2. The minimum atomic E-state index is -0.466. The SMILES string of the molecule is COC(=O)c1ccc(Oc2ccc(NC(=O)c3nc(Cl)ccc3N)cc2)cc1. The summed E-state index contributed by atoms with van der Waals surface area (Å²) in [5.74, 6) is 0.234. The van der Waals surface area contributed by atoms with Crippen LogP contribution < -0.4 is 15.8 Å². The van der Waals surface area contributed by atoms with E-state index in [9.17, 15) is 9.59 Å². The minimum Gasteiger partial charge on any atom is -0.465 e. The monoisotopic (exact) mass is 397 g/mol. The highest BCUT2D eigenvalue weighted by Crippen LogP contribution is 2.24. The lowest BCUT2D eigenvalue weighted by molar-refractivity contribution is 0.0600. The molecule has 0 spiro atoms. The third-order valence-corrected chi connectivity index (χ3v) is 3.94. The number of rotatable bonds is 5. The third-order valence-electron chi connectivity index (χ3n) is 3.73. The molecule has 0 radical (unpaired) electrons. The van der Waals surface area contributed by atoms with E-state index >= 15 is 0 Å². The Morgan fingerprint density at radius 1 is 0.964 bits per heavy atom. The number of nitrogen functional groups attached to an aromatic ring is 1. The number of amides is 1. The molecular weight excluding hydrogens is 382 g/mol. The molecule has 1 heterocycles. The van der Waals surface area contributed by atoms with Crippen molar-refractivity contribution in [2.75, 3.05) is 18.2 Å². The molecule has 3 aromatic rings. The van der Waals surface area contributed by atoms with E-state index in [1.807, 2.05) is 0 Å². The summed E-state index contributed by atoms with van der Waals surface area (Å²) in [6.07, 6.45) is 0. The van der Waals surface area contributed by atoms with Crippen LogP contribution in [0.4, 0.5) is 11.4 Å². The maximum atomic E-state index is 12.3. The summed E-state index contributed by atoms with van der Waals surface area (Å²) in [7, 11) is 1.32. The van der Waals surface area contributed by atoms with Crippen molar-refractivity contribution in [3.05, 3.63) is 77.1 Å². The third kappa shape index (κ3) is 4.57. The van der Waals surface area contributed by atoms with E-state index in [4.69, 9.17) is 22.1 Å². The maximum Gasteiger partial charge on any atom is 0.337 e. The molecule has 0 aliphatic rings. The van der Waals surface area contributed by atoms with Gasteiger partial charge in [-0.05, 0) is 60.7 Å². The molecule has 0 saturated carbocycles. The lowest BCUT2D eigenvalue weighted by Gasteiger charge is -2.09. The predicted molar refractivity (Wildman–Crippen MR) is 106 cm³/mol. The number of nitrogens with two attached hydrogens (primary N) is 1. The van der Waals surface area contributed by atoms with Crippen LogP contribution in [0.2, 0.25) is 5.15 Å². The van der Waals surface area contributed by atoms with Crippen molar-refractivity contribution in [3.63, 3.8) is 0 Å². The Morgan fingerprint density at radius 3 is 2.18 bits per heavy atom. The number of ether oxygens (including phenoxy) is 2. The molecule has 3 N–H and O–H groups in total. The summed E-state index contributed by atoms with van der Waals surface area (Å²) < 4.78 is 10.4. The molecule has 2 aromatic carbocycles. The van der Waals surface area contributed by atoms with Crippen LogP contribution in [0.3, 0.4) is 0 Å². The number of methoxy groups -OCH3 is 1. The van der Waals surface area contributed by atoms with Crippen molar-refractivity contribution < 1.29 is 19.1 Å². The molecule has 8 heteroatoms. The maximum absolute atomic E-state index is 12.3. The molecule has 1 aromatic heterocycles. The molecule has 0 fully saturated rings. The molecule has 3 rings (SSSR count). The molecule has 28 heavy (non-hydrogen) atoms. The average Bonchev–Trinajstić information content (AvgIpc) is 2.71. The zero-order valence-corrected chi connectivity index (χ0v) is 15.6. The number of hydrogen-bond acceptors (Lipinski definition) is 6. The summed E-state index contributed by atoms with van der Waals surface area (Å²) in [5.41, 5.74) is 7.02. The predicted octanol–water partition coefficient (Wildman–Crippen LogP) is 4.15. The van der Waals surface area contributed by atoms with E-state index < -0.39 is 11.9 Å². The molecule has 0 atom stereocenters. The first-order valence-corrected chi connectivity index (χ1v) is 8.54. The fraction of sp³-hybridized carbons (Fsp3) is 0.0500. The summed E-state index contributed by atoms with van der Waals surface area (Å²) in [6.45, 7) is 0. The van der Waals surface area contributed by atoms with Gasteiger partial charge in [0.1, 0.15) is 16.7 Å². The number of carbonyl (C=O) groups is 2. The summed E-state index contributed by atoms with van der Waals surface area (Å²) in [6, 6.07) is 16.3. The Balaban J connectivity index is 1.65. The number of aromatic nitrogens is 1. The van der Waals surface area contributed by atoms with Gasteiger partial charge in [-0.1, -0.05) is 11.6 Å². The van der Waals surface area contributed by atoms with Crippen LogP contribution in [0.5, 0.6) is 11.5 Å². The van der Waals surface area contributed by atoms with Gasteiger partial charge in [-0.3, -0.25) is 4.79 Å². The molecule has 1 amide bonds. The van der Waals surface area contributed by atoms with E-state index in [2.05, 4.69) is 15.0 Å². The van der Waals surface area contributed by atoms with Crippen molar-refractivity contribution in [2.45, 2.75) is 0 Å². The summed E-state index contributed by atoms with van der Waals surface area (Å²) >= 11 is 5.81. The van der Waals surface area contributed by atoms with Gasteiger partial charge in [-0.2, -0.15) is 0 Å². The van der Waals surface area contributed by atoms with Crippen LogP contribution in [0.25, 0.3) is 0 Å². The first-order chi connectivity index (χ1) is 13.5. The van der Waals surface area contributed by atoms with Crippen molar-refractivity contribution in [1.82, 2.24) is 4.98 Å². The Hall–Kier alpha value is -3.58. The highest BCUT2D eigenvalue weighted by atomic mass is 35.5. The summed E-state index contributed by atoms with van der Waals surface area (Å²) in [5, 5.41) is 2.88. The lowest BCUT2D eigenvalue weighted by atomic mass is 10.2. The van der Waals surface area contributed by atoms with Crippen LogP contribution in [0.1, 0.15) is 20.8 Å². The van der Waals surface area contributed by atoms with Gasteiger partial charge < -0.3 is 20.5 Å². The van der Waals surface area contributed by atoms with Gasteiger partial charge in [0.2, 0.25) is 0 Å². The molecule has 0 aliphatic heterocycles. The number of anilines is 2. The van der Waals surface area contributed by atoms with E-state index in [0.29, 0.717) is 22.7 Å². The largest absolute Gasteiger partial charge is 0.465 e. The van der Waals surface area contributed by atoms with E-state index in [1.165, 1.54) is 19.2 Å². The van der Waals surface area contributed by atoms with Gasteiger partial charge in [0, 0.05) is 5.69 Å². The van der Waals surface area contributed by atoms with Crippen molar-refractivity contribution >= 4 is 34.9 Å². The second kappa shape index (κ2) is 8.41. The Morgan fingerprint density at radius 2 is 1.57 bits per heavy atom. The van der Waals surface area contributed by atoms with E-state index in [1.54, 1.807) is 48.5 Å². The lowest BCUT2D eigenvalue weighted by Crippen LogP contribution is -2.15. The second-order valence-electron chi connectivity index (χ2n) is 5.67. The van der Waals surface area contributed by atoms with Crippen LogP contribution >= 0.6 is 11.6 Å². The highest BCUT2D eigenvalue weighted by Gasteiger charge is 2.13. The van der Waals surface area contributed by atoms with Gasteiger partial charge in [-0.15, -0.1) is 0 Å². The Kier molecular flexibility index (Phi) is 5.76. The standard InChI is InChI=1S/C20H16ClN3O4/c1-27-20(26)12-2-6-14(7-3-12)28-15-8-4-13(5-9-15)23-19(25)18-16(22)10-11-17(21)24-18/h2-11H,22H2,1H3,(H,23,25). The molecular formula is C20H16ClN3O4. The van der Waals surface area contributed by atoms with Gasteiger partial charge in [0.15, 0.2) is 5.69 Å². The van der Waals surface area contributed by atoms with Crippen molar-refractivity contribution in [2.24, 2.45) is 0 Å². The number of nitrogens with zero attached hydrogens (tertiary/aromatic N) is 1. The number of esters is 1. The second-order valence-corrected chi connectivity index (χ2v) is 6.06. The van der Waals surface area contributed by atoms with E-state index in [0.717, 1.165) is 0 Å². The normalized spacial score (nSPS) is 10.2. The fourth-order valence-electron chi connectivity index (χ4n) is 2.34. The highest BCUT2D eigenvalue weighted by molar-refractivity contribution is 6.29. The molecule has 142 valence electrons. The van der Waals surface area contributed by atoms with Gasteiger partial charge in [-0.25, -0.2) is 9.78 Å². The van der Waals surface area contributed by atoms with Crippen LogP contribution in [0, 0.1) is 0 Å². The fourth-order valence-corrected chi connectivity index (χ4v) is 2.49. The molecule has 0 unspecified atom stereocenters. The quantitative estimate of drug-likeness (QED) is 0.495. The van der Waals surface area contributed by atoms with Gasteiger partial charge >= 0.3 is 5.97 Å².